The quantitative estimate of drug-likeness (QED) is 0.751. The average molecular weight is 234 g/mol. The fourth-order valence-corrected chi connectivity index (χ4v) is 1.67. The largest absolute Gasteiger partial charge is 0.394 e. The minimum Gasteiger partial charge on any atom is -0.394 e. The van der Waals surface area contributed by atoms with Crippen LogP contribution in [0.3, 0.4) is 0 Å². The number of aromatic amines is 1. The fourth-order valence-electron chi connectivity index (χ4n) is 1.67. The zero-order valence-electron chi connectivity index (χ0n) is 10.4. The van der Waals surface area contributed by atoms with Crippen molar-refractivity contribution in [1.29, 1.82) is 0 Å². The summed E-state index contributed by atoms with van der Waals surface area (Å²) in [4.78, 5) is 0. The minimum absolute atomic E-state index is 0.276. The van der Waals surface area contributed by atoms with Gasteiger partial charge in [-0.3, -0.25) is 5.10 Å². The van der Waals surface area contributed by atoms with Gasteiger partial charge >= 0.3 is 0 Å². The van der Waals surface area contributed by atoms with Crippen molar-refractivity contribution in [1.82, 2.24) is 20.0 Å². The lowest BCUT2D eigenvalue weighted by molar-refractivity contribution is 0.534. The first-order valence-corrected chi connectivity index (χ1v) is 5.65. The Morgan fingerprint density at radius 1 is 1.53 bits per heavy atom. The summed E-state index contributed by atoms with van der Waals surface area (Å²) in [5, 5.41) is 14.4. The van der Waals surface area contributed by atoms with Gasteiger partial charge < -0.3 is 11.1 Å². The standard InChI is InChI=1S/C11H18N6/c1-7(2)17-11(10(12)8(3)16-17)13-4-9-5-14-15-6-9/h5-7,13H,4,12H2,1-3H3,(H,14,15). The van der Waals surface area contributed by atoms with Gasteiger partial charge in [0.05, 0.1) is 17.6 Å². The van der Waals surface area contributed by atoms with Crippen molar-refractivity contribution >= 4 is 11.5 Å². The van der Waals surface area contributed by atoms with Crippen LogP contribution in [0.1, 0.15) is 31.1 Å². The number of rotatable bonds is 4. The second-order valence-corrected chi connectivity index (χ2v) is 4.35. The molecule has 2 heterocycles. The predicted molar refractivity (Wildman–Crippen MR) is 67.7 cm³/mol. The maximum atomic E-state index is 6.01. The number of nitrogen functional groups attached to an aromatic ring is 1. The molecule has 2 aromatic heterocycles. The summed E-state index contributed by atoms with van der Waals surface area (Å²) in [5.41, 5.74) is 8.66. The van der Waals surface area contributed by atoms with Crippen LogP contribution in [0.25, 0.3) is 0 Å². The van der Waals surface area contributed by atoms with Crippen LogP contribution in [-0.2, 0) is 6.54 Å². The van der Waals surface area contributed by atoms with E-state index in [1.807, 2.05) is 17.8 Å². The molecule has 0 aromatic carbocycles. The van der Waals surface area contributed by atoms with Gasteiger partial charge in [0.1, 0.15) is 5.82 Å². The van der Waals surface area contributed by atoms with E-state index >= 15 is 0 Å². The lowest BCUT2D eigenvalue weighted by Crippen LogP contribution is -2.10. The lowest BCUT2D eigenvalue weighted by Gasteiger charge is -2.12. The van der Waals surface area contributed by atoms with Crippen molar-refractivity contribution < 1.29 is 0 Å². The Hall–Kier alpha value is -1.98. The summed E-state index contributed by atoms with van der Waals surface area (Å²) in [5.74, 6) is 0.874. The van der Waals surface area contributed by atoms with Crippen LogP contribution in [0.2, 0.25) is 0 Å². The molecule has 0 unspecified atom stereocenters. The van der Waals surface area contributed by atoms with E-state index in [0.29, 0.717) is 12.2 Å². The number of H-pyrrole nitrogens is 1. The van der Waals surface area contributed by atoms with Crippen LogP contribution < -0.4 is 11.1 Å². The highest BCUT2D eigenvalue weighted by Gasteiger charge is 2.14. The van der Waals surface area contributed by atoms with Gasteiger partial charge in [-0.05, 0) is 20.8 Å². The van der Waals surface area contributed by atoms with Gasteiger partial charge in [-0.25, -0.2) is 4.68 Å². The molecule has 0 bridgehead atoms. The van der Waals surface area contributed by atoms with Crippen LogP contribution >= 0.6 is 0 Å². The van der Waals surface area contributed by atoms with E-state index in [2.05, 4.69) is 34.5 Å². The molecule has 6 nitrogen and oxygen atoms in total. The number of nitrogens with two attached hydrogens (primary N) is 1. The molecule has 0 saturated carbocycles. The number of nitrogens with one attached hydrogen (secondary N) is 2. The molecule has 0 atom stereocenters. The summed E-state index contributed by atoms with van der Waals surface area (Å²) < 4.78 is 1.91. The zero-order valence-corrected chi connectivity index (χ0v) is 10.4. The summed E-state index contributed by atoms with van der Waals surface area (Å²) in [6.45, 7) is 6.75. The molecule has 0 radical (unpaired) electrons. The maximum Gasteiger partial charge on any atom is 0.148 e. The van der Waals surface area contributed by atoms with Gasteiger partial charge in [0.15, 0.2) is 0 Å². The molecule has 0 aliphatic rings. The molecule has 17 heavy (non-hydrogen) atoms. The fraction of sp³-hybridized carbons (Fsp3) is 0.455. The Morgan fingerprint density at radius 3 is 2.88 bits per heavy atom. The molecule has 0 saturated heterocycles. The number of hydrogen-bond donors (Lipinski definition) is 3. The van der Waals surface area contributed by atoms with Crippen LogP contribution in [0, 0.1) is 6.92 Å². The minimum atomic E-state index is 0.276. The van der Waals surface area contributed by atoms with E-state index in [9.17, 15) is 0 Å². The molecule has 0 spiro atoms. The van der Waals surface area contributed by atoms with Gasteiger partial charge in [0.2, 0.25) is 0 Å². The van der Waals surface area contributed by atoms with E-state index in [1.54, 1.807) is 6.20 Å². The first-order valence-electron chi connectivity index (χ1n) is 5.65. The number of aromatic nitrogens is 4. The first-order chi connectivity index (χ1) is 8.09. The molecule has 0 aliphatic carbocycles. The Kier molecular flexibility index (Phi) is 3.03. The van der Waals surface area contributed by atoms with Crippen LogP contribution in [0.15, 0.2) is 12.4 Å². The molecular weight excluding hydrogens is 216 g/mol. The summed E-state index contributed by atoms with van der Waals surface area (Å²) >= 11 is 0. The monoisotopic (exact) mass is 234 g/mol. The molecule has 0 fully saturated rings. The Bertz CT molecular complexity index is 482. The number of aryl methyl sites for hydroxylation is 1. The summed E-state index contributed by atoms with van der Waals surface area (Å²) in [7, 11) is 0. The van der Waals surface area contributed by atoms with Crippen LogP contribution in [0.5, 0.6) is 0 Å². The Labute approximate surface area is 100 Å². The van der Waals surface area contributed by atoms with E-state index in [4.69, 9.17) is 5.73 Å². The van der Waals surface area contributed by atoms with Crippen molar-refractivity contribution in [3.05, 3.63) is 23.7 Å². The van der Waals surface area contributed by atoms with E-state index in [1.165, 1.54) is 0 Å². The van der Waals surface area contributed by atoms with Crippen molar-refractivity contribution in [2.45, 2.75) is 33.4 Å². The van der Waals surface area contributed by atoms with Gasteiger partial charge in [0.25, 0.3) is 0 Å². The first kappa shape index (κ1) is 11.5. The maximum absolute atomic E-state index is 6.01. The molecule has 0 aliphatic heterocycles. The molecule has 0 amide bonds. The van der Waals surface area contributed by atoms with Crippen molar-refractivity contribution in [2.24, 2.45) is 0 Å². The molecular formula is C11H18N6. The third-order valence-electron chi connectivity index (χ3n) is 2.64. The third kappa shape index (κ3) is 2.25. The number of anilines is 2. The Morgan fingerprint density at radius 2 is 2.29 bits per heavy atom. The van der Waals surface area contributed by atoms with Gasteiger partial charge in [-0.2, -0.15) is 10.2 Å². The summed E-state index contributed by atoms with van der Waals surface area (Å²) in [6, 6.07) is 0.276. The summed E-state index contributed by atoms with van der Waals surface area (Å²) in [6.07, 6.45) is 3.64. The number of nitrogens with zero attached hydrogens (tertiary/aromatic N) is 3. The normalized spacial score (nSPS) is 11.1. The van der Waals surface area contributed by atoms with E-state index in [0.717, 1.165) is 17.1 Å². The van der Waals surface area contributed by atoms with Gasteiger partial charge in [0, 0.05) is 24.3 Å². The number of hydrogen-bond acceptors (Lipinski definition) is 4. The Balaban J connectivity index is 2.19. The second-order valence-electron chi connectivity index (χ2n) is 4.35. The molecule has 92 valence electrons. The van der Waals surface area contributed by atoms with Gasteiger partial charge in [-0.15, -0.1) is 0 Å². The average Bonchev–Trinajstić information content (AvgIpc) is 2.87. The van der Waals surface area contributed by atoms with E-state index in [-0.39, 0.29) is 6.04 Å². The molecule has 6 heteroatoms. The zero-order chi connectivity index (χ0) is 12.4. The molecule has 2 rings (SSSR count). The lowest BCUT2D eigenvalue weighted by atomic mass is 10.3. The van der Waals surface area contributed by atoms with Crippen LogP contribution in [0.4, 0.5) is 11.5 Å². The highest BCUT2D eigenvalue weighted by atomic mass is 15.4. The third-order valence-corrected chi connectivity index (χ3v) is 2.64. The molecule has 2 aromatic rings. The van der Waals surface area contributed by atoms with Crippen molar-refractivity contribution in [2.75, 3.05) is 11.1 Å². The SMILES string of the molecule is Cc1nn(C(C)C)c(NCc2cn[nH]c2)c1N. The van der Waals surface area contributed by atoms with Crippen LogP contribution in [-0.4, -0.2) is 20.0 Å². The van der Waals surface area contributed by atoms with Gasteiger partial charge in [-0.1, -0.05) is 0 Å². The van der Waals surface area contributed by atoms with Crippen molar-refractivity contribution in [3.8, 4) is 0 Å². The second kappa shape index (κ2) is 4.48. The smallest absolute Gasteiger partial charge is 0.148 e. The highest BCUT2D eigenvalue weighted by Crippen LogP contribution is 2.25. The van der Waals surface area contributed by atoms with E-state index < -0.39 is 0 Å². The molecule has 4 N–H and O–H groups in total. The highest BCUT2D eigenvalue weighted by molar-refractivity contribution is 5.64. The van der Waals surface area contributed by atoms with Crippen molar-refractivity contribution in [3.63, 3.8) is 0 Å². The predicted octanol–water partition coefficient (Wildman–Crippen LogP) is 1.69. The topological polar surface area (TPSA) is 84.5 Å².